The van der Waals surface area contributed by atoms with Crippen molar-refractivity contribution in [1.82, 2.24) is 5.43 Å². The number of carbonyl (C=O) groups is 1. The third kappa shape index (κ3) is 4.23. The minimum atomic E-state index is -0.175. The lowest BCUT2D eigenvalue weighted by atomic mass is 10.3. The number of hydrazine groups is 1. The van der Waals surface area contributed by atoms with Gasteiger partial charge in [-0.05, 0) is 6.42 Å². The fourth-order valence-electron chi connectivity index (χ4n) is 0.667. The van der Waals surface area contributed by atoms with Gasteiger partial charge in [-0.25, -0.2) is 5.84 Å². The van der Waals surface area contributed by atoms with Gasteiger partial charge in [0.2, 0.25) is 5.91 Å². The molecule has 4 nitrogen and oxygen atoms in total. The standard InChI is InChI=1S/C6H14N2O2S/c1-2-5(6(10)8-7)11-4-3-9/h5,9H,2-4,7H2,1H3,(H,8,10). The first-order valence-electron chi connectivity index (χ1n) is 3.49. The molecule has 1 amide bonds. The van der Waals surface area contributed by atoms with Gasteiger partial charge >= 0.3 is 0 Å². The summed E-state index contributed by atoms with van der Waals surface area (Å²) in [5, 5.41) is 8.35. The molecule has 0 aromatic rings. The first-order valence-corrected chi connectivity index (χ1v) is 4.54. The van der Waals surface area contributed by atoms with E-state index in [1.807, 2.05) is 6.92 Å². The summed E-state index contributed by atoms with van der Waals surface area (Å²) in [5.74, 6) is 5.35. The summed E-state index contributed by atoms with van der Waals surface area (Å²) in [7, 11) is 0. The fourth-order valence-corrected chi connectivity index (χ4v) is 1.51. The molecule has 66 valence electrons. The molecule has 0 aromatic carbocycles. The average Bonchev–Trinajstić information content (AvgIpc) is 2.05. The van der Waals surface area contributed by atoms with Crippen LogP contribution in [-0.4, -0.2) is 28.6 Å². The van der Waals surface area contributed by atoms with Crippen LogP contribution in [0.15, 0.2) is 0 Å². The normalized spacial score (nSPS) is 12.6. The van der Waals surface area contributed by atoms with Gasteiger partial charge in [0.05, 0.1) is 11.9 Å². The van der Waals surface area contributed by atoms with Gasteiger partial charge in [0.15, 0.2) is 0 Å². The van der Waals surface area contributed by atoms with Crippen LogP contribution in [0.3, 0.4) is 0 Å². The Hall–Kier alpha value is -0.260. The quantitative estimate of drug-likeness (QED) is 0.301. The molecule has 0 fully saturated rings. The fraction of sp³-hybridized carbons (Fsp3) is 0.833. The molecule has 5 heteroatoms. The Bertz CT molecular complexity index is 121. The molecule has 0 aliphatic heterocycles. The van der Waals surface area contributed by atoms with Gasteiger partial charge in [-0.15, -0.1) is 11.8 Å². The van der Waals surface area contributed by atoms with Crippen molar-refractivity contribution in [1.29, 1.82) is 0 Å². The summed E-state index contributed by atoms with van der Waals surface area (Å²) in [5.41, 5.74) is 2.08. The van der Waals surface area contributed by atoms with Crippen LogP contribution in [0.5, 0.6) is 0 Å². The van der Waals surface area contributed by atoms with Crippen LogP contribution >= 0.6 is 11.8 Å². The number of aliphatic hydroxyl groups is 1. The molecule has 0 aromatic heterocycles. The lowest BCUT2D eigenvalue weighted by Crippen LogP contribution is -2.37. The van der Waals surface area contributed by atoms with Crippen LogP contribution in [0.2, 0.25) is 0 Å². The van der Waals surface area contributed by atoms with Crippen LogP contribution in [0.1, 0.15) is 13.3 Å². The maximum Gasteiger partial charge on any atom is 0.246 e. The summed E-state index contributed by atoms with van der Waals surface area (Å²) in [6, 6.07) is 0. The molecule has 0 aliphatic carbocycles. The molecule has 1 atom stereocenters. The zero-order chi connectivity index (χ0) is 8.69. The first-order chi connectivity index (χ1) is 5.26. The molecule has 1 unspecified atom stereocenters. The van der Waals surface area contributed by atoms with Gasteiger partial charge in [0.25, 0.3) is 0 Å². The summed E-state index contributed by atoms with van der Waals surface area (Å²) < 4.78 is 0. The Morgan fingerprint density at radius 1 is 1.82 bits per heavy atom. The predicted molar refractivity (Wildman–Crippen MR) is 46.0 cm³/mol. The van der Waals surface area contributed by atoms with E-state index in [0.29, 0.717) is 5.75 Å². The highest BCUT2D eigenvalue weighted by molar-refractivity contribution is 8.00. The zero-order valence-electron chi connectivity index (χ0n) is 6.54. The Kier molecular flexibility index (Phi) is 6.30. The Labute approximate surface area is 70.5 Å². The molecule has 4 N–H and O–H groups in total. The van der Waals surface area contributed by atoms with Crippen molar-refractivity contribution >= 4 is 17.7 Å². The highest BCUT2D eigenvalue weighted by atomic mass is 32.2. The molecule has 0 saturated carbocycles. The Morgan fingerprint density at radius 3 is 2.82 bits per heavy atom. The number of amides is 1. The second kappa shape index (κ2) is 6.45. The van der Waals surface area contributed by atoms with E-state index in [-0.39, 0.29) is 17.8 Å². The zero-order valence-corrected chi connectivity index (χ0v) is 7.36. The van der Waals surface area contributed by atoms with Gasteiger partial charge < -0.3 is 5.11 Å². The van der Waals surface area contributed by atoms with Crippen LogP contribution in [0, 0.1) is 0 Å². The molecule has 11 heavy (non-hydrogen) atoms. The first kappa shape index (κ1) is 10.7. The smallest absolute Gasteiger partial charge is 0.246 e. The van der Waals surface area contributed by atoms with Crippen molar-refractivity contribution in [2.75, 3.05) is 12.4 Å². The lowest BCUT2D eigenvalue weighted by Gasteiger charge is -2.10. The monoisotopic (exact) mass is 178 g/mol. The third-order valence-corrected chi connectivity index (χ3v) is 2.58. The number of aliphatic hydroxyl groups excluding tert-OH is 1. The minimum Gasteiger partial charge on any atom is -0.396 e. The van der Waals surface area contributed by atoms with Gasteiger partial charge in [-0.1, -0.05) is 6.92 Å². The molecule has 0 aliphatic rings. The third-order valence-electron chi connectivity index (χ3n) is 1.22. The summed E-state index contributed by atoms with van der Waals surface area (Å²) in [4.78, 5) is 10.9. The number of carbonyl (C=O) groups excluding carboxylic acids is 1. The Balaban J connectivity index is 3.65. The molecular formula is C6H14N2O2S. The highest BCUT2D eigenvalue weighted by Gasteiger charge is 2.14. The van der Waals surface area contributed by atoms with Crippen molar-refractivity contribution in [3.05, 3.63) is 0 Å². The topological polar surface area (TPSA) is 75.3 Å². The van der Waals surface area contributed by atoms with Crippen molar-refractivity contribution in [2.45, 2.75) is 18.6 Å². The molecule has 0 radical (unpaired) electrons. The number of rotatable bonds is 5. The molecule has 0 saturated heterocycles. The lowest BCUT2D eigenvalue weighted by molar-refractivity contribution is -0.120. The van der Waals surface area contributed by atoms with E-state index in [9.17, 15) is 4.79 Å². The van der Waals surface area contributed by atoms with E-state index in [0.717, 1.165) is 6.42 Å². The van der Waals surface area contributed by atoms with Gasteiger partial charge in [-0.3, -0.25) is 10.2 Å². The number of hydrogen-bond acceptors (Lipinski definition) is 4. The number of nitrogens with one attached hydrogen (secondary N) is 1. The van der Waals surface area contributed by atoms with Crippen molar-refractivity contribution in [3.63, 3.8) is 0 Å². The van der Waals surface area contributed by atoms with Crippen molar-refractivity contribution in [2.24, 2.45) is 5.84 Å². The molecule has 0 bridgehead atoms. The van der Waals surface area contributed by atoms with E-state index in [4.69, 9.17) is 10.9 Å². The molecule has 0 heterocycles. The largest absolute Gasteiger partial charge is 0.396 e. The second-order valence-corrected chi connectivity index (χ2v) is 3.31. The SMILES string of the molecule is CCC(SCCO)C(=O)NN. The van der Waals surface area contributed by atoms with Crippen LogP contribution in [-0.2, 0) is 4.79 Å². The molecular weight excluding hydrogens is 164 g/mol. The predicted octanol–water partition coefficient (Wildman–Crippen LogP) is -0.520. The maximum atomic E-state index is 10.9. The van der Waals surface area contributed by atoms with Crippen LogP contribution in [0.25, 0.3) is 0 Å². The summed E-state index contributed by atoms with van der Waals surface area (Å²) in [6.07, 6.45) is 0.730. The van der Waals surface area contributed by atoms with Gasteiger partial charge in [0, 0.05) is 5.75 Å². The highest BCUT2D eigenvalue weighted by Crippen LogP contribution is 2.13. The van der Waals surface area contributed by atoms with Crippen LogP contribution in [0.4, 0.5) is 0 Å². The van der Waals surface area contributed by atoms with Crippen molar-refractivity contribution in [3.8, 4) is 0 Å². The number of thioether (sulfide) groups is 1. The number of nitrogens with two attached hydrogens (primary N) is 1. The second-order valence-electron chi connectivity index (χ2n) is 2.00. The van der Waals surface area contributed by atoms with E-state index in [1.165, 1.54) is 11.8 Å². The van der Waals surface area contributed by atoms with Gasteiger partial charge in [0.1, 0.15) is 0 Å². The van der Waals surface area contributed by atoms with E-state index in [1.54, 1.807) is 0 Å². The minimum absolute atomic E-state index is 0.0962. The maximum absolute atomic E-state index is 10.9. The summed E-state index contributed by atoms with van der Waals surface area (Å²) >= 11 is 1.41. The molecule has 0 rings (SSSR count). The van der Waals surface area contributed by atoms with E-state index in [2.05, 4.69) is 5.43 Å². The van der Waals surface area contributed by atoms with E-state index < -0.39 is 0 Å². The number of hydrogen-bond donors (Lipinski definition) is 3. The van der Waals surface area contributed by atoms with E-state index >= 15 is 0 Å². The van der Waals surface area contributed by atoms with Crippen LogP contribution < -0.4 is 11.3 Å². The van der Waals surface area contributed by atoms with Crippen molar-refractivity contribution < 1.29 is 9.90 Å². The summed E-state index contributed by atoms with van der Waals surface area (Å²) in [6.45, 7) is 2.00. The van der Waals surface area contributed by atoms with Gasteiger partial charge in [-0.2, -0.15) is 0 Å². The average molecular weight is 178 g/mol. The Morgan fingerprint density at radius 2 is 2.45 bits per heavy atom. The molecule has 0 spiro atoms.